The molecule has 4 atom stereocenters. The van der Waals surface area contributed by atoms with Gasteiger partial charge in [-0.25, -0.2) is 0 Å². The van der Waals surface area contributed by atoms with Crippen LogP contribution in [0.5, 0.6) is 5.75 Å². The van der Waals surface area contributed by atoms with Gasteiger partial charge < -0.3 is 15.3 Å². The standard InChI is InChI=1S/C20H25NO4/c22-14-4-3-13-9-17-20(25)6-5-16(23)18(24)19(20,15(13)10-14)7-8-21(17)11-12-1-2-12/h3-4,10,12,16-17,22-23,25H,1-2,5-9,11H2/t16?,17-,19+,20-/m1/s1. The minimum absolute atomic E-state index is 0.0876. The molecule has 5 rings (SSSR count). The number of aliphatic hydroxyl groups is 2. The number of carbonyl (C=O) groups excluding carboxylic acids is 1. The van der Waals surface area contributed by atoms with Crippen molar-refractivity contribution in [2.24, 2.45) is 5.92 Å². The highest BCUT2D eigenvalue weighted by Crippen LogP contribution is 2.57. The number of Topliss-reactive ketones (excluding diaryl/α,β-unsaturated/α-hetero) is 1. The summed E-state index contributed by atoms with van der Waals surface area (Å²) in [6.45, 7) is 1.75. The quantitative estimate of drug-likeness (QED) is 0.750. The van der Waals surface area contributed by atoms with Crippen LogP contribution in [0.3, 0.4) is 0 Å². The van der Waals surface area contributed by atoms with Crippen LogP contribution in [0.25, 0.3) is 0 Å². The number of benzene rings is 1. The molecule has 3 aliphatic carbocycles. The van der Waals surface area contributed by atoms with Crippen LogP contribution in [0.15, 0.2) is 18.2 Å². The molecule has 0 aromatic heterocycles. The Morgan fingerprint density at radius 1 is 1.20 bits per heavy atom. The maximum absolute atomic E-state index is 13.2. The average Bonchev–Trinajstić information content (AvgIpc) is 3.39. The number of hydrogen-bond acceptors (Lipinski definition) is 5. The Balaban J connectivity index is 1.69. The third-order valence-electron chi connectivity index (χ3n) is 7.18. The Morgan fingerprint density at radius 2 is 2.00 bits per heavy atom. The van der Waals surface area contributed by atoms with E-state index in [2.05, 4.69) is 4.90 Å². The zero-order valence-electron chi connectivity index (χ0n) is 14.3. The highest BCUT2D eigenvalue weighted by Gasteiger charge is 2.68. The second kappa shape index (κ2) is 5.06. The van der Waals surface area contributed by atoms with Gasteiger partial charge in [-0.05, 0) is 74.2 Å². The van der Waals surface area contributed by atoms with Crippen molar-refractivity contribution in [1.29, 1.82) is 0 Å². The average molecular weight is 343 g/mol. The molecule has 1 aromatic carbocycles. The zero-order valence-corrected chi connectivity index (χ0v) is 14.3. The third kappa shape index (κ3) is 1.97. The van der Waals surface area contributed by atoms with Crippen molar-refractivity contribution in [3.05, 3.63) is 29.3 Å². The van der Waals surface area contributed by atoms with Gasteiger partial charge in [-0.3, -0.25) is 9.69 Å². The summed E-state index contributed by atoms with van der Waals surface area (Å²) < 4.78 is 0. The molecule has 0 radical (unpaired) electrons. The fourth-order valence-electron chi connectivity index (χ4n) is 5.76. The maximum atomic E-state index is 13.2. The molecule has 1 unspecified atom stereocenters. The molecule has 3 fully saturated rings. The Hall–Kier alpha value is -1.43. The number of ketones is 1. The van der Waals surface area contributed by atoms with Crippen molar-refractivity contribution in [2.75, 3.05) is 13.1 Å². The molecule has 2 bridgehead atoms. The molecule has 5 heteroatoms. The zero-order chi connectivity index (χ0) is 17.4. The third-order valence-corrected chi connectivity index (χ3v) is 7.18. The number of rotatable bonds is 2. The number of nitrogens with zero attached hydrogens (tertiary/aromatic N) is 1. The van der Waals surface area contributed by atoms with Crippen molar-refractivity contribution >= 4 is 5.78 Å². The van der Waals surface area contributed by atoms with Crippen molar-refractivity contribution in [3.8, 4) is 5.75 Å². The summed E-state index contributed by atoms with van der Waals surface area (Å²) in [4.78, 5) is 15.6. The van der Waals surface area contributed by atoms with Gasteiger partial charge in [-0.15, -0.1) is 0 Å². The molecule has 2 saturated carbocycles. The second-order valence-electron chi connectivity index (χ2n) is 8.50. The van der Waals surface area contributed by atoms with Crippen LogP contribution in [0.1, 0.15) is 43.2 Å². The van der Waals surface area contributed by atoms with E-state index in [0.717, 1.165) is 30.1 Å². The molecule has 3 N–H and O–H groups in total. The molecule has 1 aromatic rings. The number of phenolic OH excluding ortho intramolecular Hbond substituents is 1. The van der Waals surface area contributed by atoms with Gasteiger partial charge in [0.1, 0.15) is 11.9 Å². The summed E-state index contributed by atoms with van der Waals surface area (Å²) >= 11 is 0. The van der Waals surface area contributed by atoms with Gasteiger partial charge in [-0.1, -0.05) is 6.07 Å². The number of piperidine rings is 1. The van der Waals surface area contributed by atoms with Gasteiger partial charge >= 0.3 is 0 Å². The maximum Gasteiger partial charge on any atom is 0.174 e. The first-order chi connectivity index (χ1) is 12.0. The first-order valence-electron chi connectivity index (χ1n) is 9.47. The smallest absolute Gasteiger partial charge is 0.174 e. The van der Waals surface area contributed by atoms with Crippen molar-refractivity contribution in [2.45, 2.75) is 61.7 Å². The molecule has 1 saturated heterocycles. The number of aromatic hydroxyl groups is 1. The number of carbonyl (C=O) groups is 1. The Labute approximate surface area is 147 Å². The van der Waals surface area contributed by atoms with E-state index in [1.54, 1.807) is 12.1 Å². The van der Waals surface area contributed by atoms with Crippen LogP contribution in [0.4, 0.5) is 0 Å². The molecule has 134 valence electrons. The number of hydrogen-bond donors (Lipinski definition) is 3. The number of phenols is 1. The number of fused-ring (bicyclic) bond motifs is 1. The van der Waals surface area contributed by atoms with Crippen LogP contribution in [-0.2, 0) is 16.6 Å². The van der Waals surface area contributed by atoms with Gasteiger partial charge in [0.15, 0.2) is 5.78 Å². The predicted octanol–water partition coefficient (Wildman–Crippen LogP) is 1.13. The van der Waals surface area contributed by atoms with E-state index in [4.69, 9.17) is 0 Å². The SMILES string of the molecule is O=C1C(O)CC[C@@]2(O)[C@H]3Cc4ccc(O)cc4[C@@]12CCN3CC1CC1. The lowest BCUT2D eigenvalue weighted by Gasteiger charge is -2.63. The largest absolute Gasteiger partial charge is 0.508 e. The van der Waals surface area contributed by atoms with Crippen LogP contribution in [0.2, 0.25) is 0 Å². The first-order valence-corrected chi connectivity index (χ1v) is 9.47. The first kappa shape index (κ1) is 15.8. The van der Waals surface area contributed by atoms with E-state index >= 15 is 0 Å². The molecule has 5 nitrogen and oxygen atoms in total. The lowest BCUT2D eigenvalue weighted by Crippen LogP contribution is -2.76. The summed E-state index contributed by atoms with van der Waals surface area (Å²) in [6.07, 6.45) is 3.45. The summed E-state index contributed by atoms with van der Waals surface area (Å²) in [7, 11) is 0. The normalized spacial score (nSPS) is 40.5. The monoisotopic (exact) mass is 343 g/mol. The predicted molar refractivity (Wildman–Crippen MR) is 91.4 cm³/mol. The van der Waals surface area contributed by atoms with Crippen LogP contribution >= 0.6 is 0 Å². The van der Waals surface area contributed by atoms with E-state index in [-0.39, 0.29) is 17.6 Å². The van der Waals surface area contributed by atoms with E-state index in [0.29, 0.717) is 25.7 Å². The van der Waals surface area contributed by atoms with Gasteiger partial charge in [0.05, 0.1) is 11.0 Å². The van der Waals surface area contributed by atoms with Gasteiger partial charge in [-0.2, -0.15) is 0 Å². The van der Waals surface area contributed by atoms with Crippen LogP contribution in [-0.4, -0.2) is 56.8 Å². The molecule has 0 amide bonds. The highest BCUT2D eigenvalue weighted by atomic mass is 16.3. The topological polar surface area (TPSA) is 81.0 Å². The van der Waals surface area contributed by atoms with Crippen LogP contribution < -0.4 is 0 Å². The Kier molecular flexibility index (Phi) is 3.20. The molecule has 4 aliphatic rings. The highest BCUT2D eigenvalue weighted by molar-refractivity contribution is 5.97. The fraction of sp³-hybridized carbons (Fsp3) is 0.650. The van der Waals surface area contributed by atoms with Crippen molar-refractivity contribution < 1.29 is 20.1 Å². The second-order valence-corrected chi connectivity index (χ2v) is 8.50. The fourth-order valence-corrected chi connectivity index (χ4v) is 5.76. The van der Waals surface area contributed by atoms with Gasteiger partial charge in [0.25, 0.3) is 0 Å². The Morgan fingerprint density at radius 3 is 2.76 bits per heavy atom. The molecule has 0 spiro atoms. The number of likely N-dealkylation sites (tertiary alicyclic amines) is 1. The summed E-state index contributed by atoms with van der Waals surface area (Å²) in [5, 5.41) is 32.2. The van der Waals surface area contributed by atoms with Crippen molar-refractivity contribution in [1.82, 2.24) is 4.90 Å². The van der Waals surface area contributed by atoms with Crippen molar-refractivity contribution in [3.63, 3.8) is 0 Å². The van der Waals surface area contributed by atoms with E-state index in [9.17, 15) is 20.1 Å². The minimum Gasteiger partial charge on any atom is -0.508 e. The summed E-state index contributed by atoms with van der Waals surface area (Å²) in [5.41, 5.74) is -0.477. The van der Waals surface area contributed by atoms with E-state index < -0.39 is 17.1 Å². The summed E-state index contributed by atoms with van der Waals surface area (Å²) in [6, 6.07) is 5.09. The lowest BCUT2D eigenvalue weighted by atomic mass is 9.48. The molecule has 25 heavy (non-hydrogen) atoms. The van der Waals surface area contributed by atoms with E-state index in [1.165, 1.54) is 12.8 Å². The molecule has 1 aliphatic heterocycles. The summed E-state index contributed by atoms with van der Waals surface area (Å²) in [5.74, 6) is 0.577. The van der Waals surface area contributed by atoms with Gasteiger partial charge in [0.2, 0.25) is 0 Å². The molecular weight excluding hydrogens is 318 g/mol. The van der Waals surface area contributed by atoms with E-state index in [1.807, 2.05) is 6.07 Å². The number of aliphatic hydroxyl groups excluding tert-OH is 1. The molecule has 1 heterocycles. The van der Waals surface area contributed by atoms with Gasteiger partial charge in [0, 0.05) is 12.6 Å². The minimum atomic E-state index is -1.16. The molecular formula is C20H25NO4. The van der Waals surface area contributed by atoms with Crippen LogP contribution in [0, 0.1) is 5.92 Å². The Bertz CT molecular complexity index is 745. The lowest BCUT2D eigenvalue weighted by molar-refractivity contribution is -0.188.